The largest absolute Gasteiger partial charge is 0.456 e. The van der Waals surface area contributed by atoms with E-state index in [-0.39, 0.29) is 5.92 Å². The molecule has 0 saturated carbocycles. The number of aliphatic imine (C=N–C) groups is 2. The van der Waals surface area contributed by atoms with Crippen LogP contribution in [0.25, 0.3) is 87.8 Å². The third-order valence-corrected chi connectivity index (χ3v) is 11.9. The van der Waals surface area contributed by atoms with Crippen LogP contribution in [0, 0.1) is 5.92 Å². The second kappa shape index (κ2) is 12.8. The van der Waals surface area contributed by atoms with Gasteiger partial charge in [0.05, 0.1) is 33.7 Å². The number of hydrogen-bond donors (Lipinski definition) is 0. The van der Waals surface area contributed by atoms with Gasteiger partial charge < -0.3 is 13.4 Å². The van der Waals surface area contributed by atoms with Gasteiger partial charge in [-0.15, -0.1) is 0 Å². The first kappa shape index (κ1) is 32.7. The van der Waals surface area contributed by atoms with E-state index in [9.17, 15) is 0 Å². The first-order valence-corrected chi connectivity index (χ1v) is 19.9. The summed E-state index contributed by atoms with van der Waals surface area (Å²) in [5.74, 6) is 0.703. The van der Waals surface area contributed by atoms with Crippen LogP contribution in [0.2, 0.25) is 0 Å². The van der Waals surface area contributed by atoms with Crippen LogP contribution in [-0.2, 0) is 0 Å². The Morgan fingerprint density at radius 1 is 0.500 bits per heavy atom. The quantitative estimate of drug-likeness (QED) is 0.180. The van der Waals surface area contributed by atoms with Gasteiger partial charge in [-0.3, -0.25) is 0 Å². The van der Waals surface area contributed by atoms with E-state index in [0.717, 1.165) is 88.7 Å². The summed E-state index contributed by atoms with van der Waals surface area (Å²) < 4.78 is 15.6. The molecule has 0 N–H and O–H groups in total. The number of benzene rings is 8. The lowest BCUT2D eigenvalue weighted by molar-refractivity contribution is 0.667. The number of para-hydroxylation sites is 3. The molecule has 1 unspecified atom stereocenters. The molecule has 1 atom stereocenters. The van der Waals surface area contributed by atoms with Gasteiger partial charge in [0.2, 0.25) is 0 Å². The number of amidine groups is 1. The SMILES string of the molecule is CC1C/C=C(\c2c(-n3c4ccccc4c4cc5ccccc5cc43)ccc3c2oc2ccccc23)N=C(c2ccccc2)N=C1c1ccc2c(c1)oc1ccccc12. The molecule has 4 heterocycles. The normalized spacial score (nSPS) is 15.9. The predicted octanol–water partition coefficient (Wildman–Crippen LogP) is 14.1. The zero-order valence-electron chi connectivity index (χ0n) is 31.7. The Morgan fingerprint density at radius 3 is 1.98 bits per heavy atom. The van der Waals surface area contributed by atoms with Crippen molar-refractivity contribution in [3.63, 3.8) is 0 Å². The van der Waals surface area contributed by atoms with Crippen molar-refractivity contribution in [1.82, 2.24) is 4.57 Å². The highest BCUT2D eigenvalue weighted by Gasteiger charge is 2.26. The summed E-state index contributed by atoms with van der Waals surface area (Å²) in [5.41, 5.74) is 11.3. The molecule has 0 spiro atoms. The monoisotopic (exact) mass is 745 g/mol. The molecule has 0 amide bonds. The zero-order valence-corrected chi connectivity index (χ0v) is 31.7. The number of allylic oxidation sites excluding steroid dienone is 1. The molecule has 11 aromatic rings. The van der Waals surface area contributed by atoms with Gasteiger partial charge in [-0.2, -0.15) is 0 Å². The summed E-state index contributed by atoms with van der Waals surface area (Å²) in [6, 6.07) is 59.7. The Hall–Kier alpha value is -7.50. The summed E-state index contributed by atoms with van der Waals surface area (Å²) >= 11 is 0. The first-order valence-electron chi connectivity index (χ1n) is 19.9. The molecule has 1 aliphatic rings. The average molecular weight is 746 g/mol. The molecular weight excluding hydrogens is 711 g/mol. The Bertz CT molecular complexity index is 3560. The van der Waals surface area contributed by atoms with Crippen molar-refractivity contribution in [2.24, 2.45) is 15.9 Å². The van der Waals surface area contributed by atoms with E-state index < -0.39 is 0 Å². The fraction of sp³-hybridized carbons (Fsp3) is 0.0566. The van der Waals surface area contributed by atoms with Crippen LogP contribution < -0.4 is 0 Å². The van der Waals surface area contributed by atoms with Gasteiger partial charge >= 0.3 is 0 Å². The molecule has 5 heteroatoms. The Kier molecular flexibility index (Phi) is 7.20. The van der Waals surface area contributed by atoms with E-state index >= 15 is 0 Å². The third kappa shape index (κ3) is 5.03. The van der Waals surface area contributed by atoms with Gasteiger partial charge in [0.25, 0.3) is 0 Å². The summed E-state index contributed by atoms with van der Waals surface area (Å²) in [6.07, 6.45) is 3.00. The minimum atomic E-state index is 0.0592. The number of aromatic nitrogens is 1. The second-order valence-electron chi connectivity index (χ2n) is 15.3. The van der Waals surface area contributed by atoms with E-state index in [1.807, 2.05) is 42.5 Å². The molecule has 5 nitrogen and oxygen atoms in total. The molecule has 0 saturated heterocycles. The second-order valence-corrected chi connectivity index (χ2v) is 15.3. The molecule has 274 valence electrons. The van der Waals surface area contributed by atoms with Crippen molar-refractivity contribution in [2.75, 3.05) is 0 Å². The molecule has 58 heavy (non-hydrogen) atoms. The first-order chi connectivity index (χ1) is 28.7. The van der Waals surface area contributed by atoms with E-state index in [4.69, 9.17) is 18.8 Å². The van der Waals surface area contributed by atoms with Gasteiger partial charge in [-0.05, 0) is 71.8 Å². The number of hydrogen-bond acceptors (Lipinski definition) is 4. The zero-order chi connectivity index (χ0) is 38.3. The molecule has 1 aliphatic heterocycles. The number of rotatable bonds is 4. The van der Waals surface area contributed by atoms with Crippen molar-refractivity contribution in [1.29, 1.82) is 0 Å². The van der Waals surface area contributed by atoms with E-state index in [2.05, 4.69) is 145 Å². The van der Waals surface area contributed by atoms with Crippen LogP contribution in [0.15, 0.2) is 195 Å². The number of fused-ring (bicyclic) bond motifs is 10. The topological polar surface area (TPSA) is 55.9 Å². The minimum absolute atomic E-state index is 0.0592. The lowest BCUT2D eigenvalue weighted by atomic mass is 9.92. The third-order valence-electron chi connectivity index (χ3n) is 11.9. The maximum absolute atomic E-state index is 6.90. The molecule has 8 aromatic carbocycles. The predicted molar refractivity (Wildman–Crippen MR) is 241 cm³/mol. The van der Waals surface area contributed by atoms with Crippen molar-refractivity contribution < 1.29 is 8.83 Å². The van der Waals surface area contributed by atoms with Gasteiger partial charge in [0, 0.05) is 49.4 Å². The summed E-state index contributed by atoms with van der Waals surface area (Å²) in [4.78, 5) is 11.1. The highest BCUT2D eigenvalue weighted by atomic mass is 16.3. The smallest absolute Gasteiger partial charge is 0.160 e. The summed E-state index contributed by atoms with van der Waals surface area (Å²) in [6.45, 7) is 2.25. The lowest BCUT2D eigenvalue weighted by Gasteiger charge is -2.20. The van der Waals surface area contributed by atoms with E-state index in [1.54, 1.807) is 0 Å². The molecule has 0 aliphatic carbocycles. The molecule has 0 radical (unpaired) electrons. The fourth-order valence-corrected chi connectivity index (χ4v) is 9.04. The molecular formula is C53H35N3O2. The van der Waals surface area contributed by atoms with E-state index in [0.29, 0.717) is 12.3 Å². The van der Waals surface area contributed by atoms with Crippen LogP contribution in [0.5, 0.6) is 0 Å². The Balaban J connectivity index is 1.14. The lowest BCUT2D eigenvalue weighted by Crippen LogP contribution is -2.17. The standard InChI is InChI=1S/C53H35N3O2/c1-32-23-27-43(54-53(33-13-3-2-4-14-33)55-51(32)36-24-25-40-38-18-8-11-21-47(38)57-49(40)31-36)50-45(28-26-41-39-19-9-12-22-48(39)58-52(41)50)56-44-20-10-7-17-37(44)42-29-34-15-5-6-16-35(34)30-46(42)56/h2-22,24-32H,23H2,1H3/b43-27+,54-53?,55-51?. The van der Waals surface area contributed by atoms with Gasteiger partial charge in [0.1, 0.15) is 22.3 Å². The van der Waals surface area contributed by atoms with Gasteiger partial charge in [0.15, 0.2) is 5.84 Å². The highest BCUT2D eigenvalue weighted by molar-refractivity contribution is 6.19. The highest BCUT2D eigenvalue weighted by Crippen LogP contribution is 2.43. The van der Waals surface area contributed by atoms with Crippen LogP contribution in [-0.4, -0.2) is 16.1 Å². The van der Waals surface area contributed by atoms with Crippen LogP contribution >= 0.6 is 0 Å². The minimum Gasteiger partial charge on any atom is -0.456 e. The van der Waals surface area contributed by atoms with Crippen LogP contribution in [0.4, 0.5) is 0 Å². The number of nitrogens with zero attached hydrogens (tertiary/aromatic N) is 3. The molecule has 0 fully saturated rings. The maximum atomic E-state index is 6.90. The summed E-state index contributed by atoms with van der Waals surface area (Å²) in [5, 5.41) is 9.15. The van der Waals surface area contributed by atoms with Gasteiger partial charge in [-0.25, -0.2) is 9.98 Å². The molecule has 0 bridgehead atoms. The molecule has 12 rings (SSSR count). The Labute approximate surface area is 333 Å². The maximum Gasteiger partial charge on any atom is 0.160 e. The van der Waals surface area contributed by atoms with Crippen LogP contribution in [0.3, 0.4) is 0 Å². The Morgan fingerprint density at radius 2 is 1.16 bits per heavy atom. The van der Waals surface area contributed by atoms with Gasteiger partial charge in [-0.1, -0.05) is 128 Å². The fourth-order valence-electron chi connectivity index (χ4n) is 9.04. The molecule has 3 aromatic heterocycles. The number of furan rings is 2. The van der Waals surface area contributed by atoms with Crippen LogP contribution in [0.1, 0.15) is 30.0 Å². The van der Waals surface area contributed by atoms with Crippen molar-refractivity contribution in [3.8, 4) is 5.69 Å². The average Bonchev–Trinajstić information content (AvgIpc) is 3.94. The van der Waals surface area contributed by atoms with Crippen molar-refractivity contribution in [2.45, 2.75) is 13.3 Å². The van der Waals surface area contributed by atoms with Crippen molar-refractivity contribution in [3.05, 3.63) is 193 Å². The van der Waals surface area contributed by atoms with Crippen molar-refractivity contribution >= 4 is 93.7 Å². The summed E-state index contributed by atoms with van der Waals surface area (Å²) in [7, 11) is 0. The van der Waals surface area contributed by atoms with E-state index in [1.165, 1.54) is 21.5 Å².